The van der Waals surface area contributed by atoms with Gasteiger partial charge in [-0.2, -0.15) is 0 Å². The first-order chi connectivity index (χ1) is 43.6. The Kier molecular flexibility index (Phi) is 31.6. The Hall–Kier alpha value is -7.57. The van der Waals surface area contributed by atoms with Crippen LogP contribution in [0.2, 0.25) is 0 Å². The van der Waals surface area contributed by atoms with Crippen molar-refractivity contribution in [2.75, 3.05) is 54.5 Å². The van der Waals surface area contributed by atoms with E-state index >= 15 is 0 Å². The van der Waals surface area contributed by atoms with Crippen molar-refractivity contribution in [1.29, 1.82) is 0 Å². The summed E-state index contributed by atoms with van der Waals surface area (Å²) in [7, 11) is 6.11. The summed E-state index contributed by atoms with van der Waals surface area (Å²) < 4.78 is 12.1. The highest BCUT2D eigenvalue weighted by molar-refractivity contribution is 6.12. The molecule has 1 saturated heterocycles. The fourth-order valence-electron chi connectivity index (χ4n) is 12.1. The van der Waals surface area contributed by atoms with Crippen LogP contribution in [0.4, 0.5) is 0 Å². The SMILES string of the molecule is CC[C@H](C)[C@@H]([C@@H](CC(=O)N1CCC[C@H]1[C@H](OC)[C@@H](C)C(=O)N[C@H](C)[C@@H](O)c1ccccc1)OC)N(C)C(=O)[C@@H](NC(=O)[C@H](C(C)C)N(C)C(=O)[C@H](CC(C)C)NC(=O)[C@H](Cc1ccccc1)NC(=O)CNC(=O)CNC(=O)CCCCCN1C(=O)C=CC1=O)C(C)C. The van der Waals surface area contributed by atoms with E-state index in [0.29, 0.717) is 56.2 Å². The van der Waals surface area contributed by atoms with Gasteiger partial charge in [-0.25, -0.2) is 0 Å². The van der Waals surface area contributed by atoms with Gasteiger partial charge in [0.1, 0.15) is 24.2 Å². The molecule has 2 aliphatic heterocycles. The molecule has 92 heavy (non-hydrogen) atoms. The Morgan fingerprint density at radius 3 is 1.85 bits per heavy atom. The monoisotopic (exact) mass is 1280 g/mol. The molecular weight excluding hydrogens is 1180 g/mol. The summed E-state index contributed by atoms with van der Waals surface area (Å²) in [5.74, 6) is -7.43. The Bertz CT molecular complexity index is 2800. The zero-order chi connectivity index (χ0) is 68.5. The number of aliphatic hydroxyl groups excluding tert-OH is 1. The summed E-state index contributed by atoms with van der Waals surface area (Å²) in [5, 5.41) is 27.4. The molecule has 0 spiro atoms. The highest BCUT2D eigenvalue weighted by Crippen LogP contribution is 2.30. The number of unbranched alkanes of at least 4 members (excludes halogenated alkanes) is 2. The van der Waals surface area contributed by atoms with Crippen molar-refractivity contribution in [2.45, 2.75) is 194 Å². The lowest BCUT2D eigenvalue weighted by Crippen LogP contribution is -2.62. The second kappa shape index (κ2) is 37.8. The highest BCUT2D eigenvalue weighted by atomic mass is 16.5. The first kappa shape index (κ1) is 76.9. The number of rotatable bonds is 38. The van der Waals surface area contributed by atoms with Gasteiger partial charge in [0.15, 0.2) is 0 Å². The molecule has 12 atom stereocenters. The number of aliphatic hydroxyl groups is 1. The van der Waals surface area contributed by atoms with E-state index in [0.717, 1.165) is 4.90 Å². The maximum atomic E-state index is 15.0. The van der Waals surface area contributed by atoms with Gasteiger partial charge in [-0.3, -0.25) is 57.6 Å². The van der Waals surface area contributed by atoms with E-state index in [9.17, 15) is 57.8 Å². The van der Waals surface area contributed by atoms with Crippen LogP contribution in [0.25, 0.3) is 0 Å². The van der Waals surface area contributed by atoms with Gasteiger partial charge in [0, 0.05) is 66.4 Å². The van der Waals surface area contributed by atoms with Crippen molar-refractivity contribution < 1.29 is 67.3 Å². The standard InChI is InChI=1S/C68H104N10O14/c1-15-44(8)61(52(91-13)38-58(84)77-35-25-30-51(77)63(92-14)45(9)64(86)71-46(10)62(85)48-28-21-17-22-29-48)76(12)68(90)59(42(4)5)74-66(88)60(43(6)7)75(11)67(89)50(36-41(2)3)73-65(87)49(37-47-26-19-16-20-27-47)72-55(81)40-70-54(80)39-69-53(79)31-23-18-24-34-78-56(82)32-33-57(78)83/h16-17,19-22,26-29,32-33,41-46,49-52,59-63,85H,15,18,23-25,30-31,34-40H2,1-14H3,(H,69,79)(H,70,80)(H,71,86)(H,72,81)(H,73,87)(H,74,88)/t44-,45+,46+,49-,50-,51-,52+,59-,60-,61-,62+,63+/m0/s1. The molecule has 2 aromatic rings. The number of imide groups is 1. The Morgan fingerprint density at radius 1 is 0.663 bits per heavy atom. The van der Waals surface area contributed by atoms with Crippen molar-refractivity contribution in [3.05, 3.63) is 83.9 Å². The minimum Gasteiger partial charge on any atom is -0.386 e. The number of likely N-dealkylation sites (N-methyl/N-ethyl adjacent to an activating group) is 2. The molecule has 7 N–H and O–H groups in total. The molecule has 0 saturated carbocycles. The van der Waals surface area contributed by atoms with Crippen LogP contribution in [0.15, 0.2) is 72.8 Å². The topological polar surface area (TPSA) is 312 Å². The minimum absolute atomic E-state index is 0.00957. The number of ether oxygens (including phenoxy) is 2. The number of hydrogen-bond acceptors (Lipinski definition) is 14. The van der Waals surface area contributed by atoms with Crippen molar-refractivity contribution in [2.24, 2.45) is 29.6 Å². The van der Waals surface area contributed by atoms with Gasteiger partial charge < -0.3 is 61.2 Å². The maximum absolute atomic E-state index is 15.0. The van der Waals surface area contributed by atoms with E-state index in [4.69, 9.17) is 9.47 Å². The molecule has 0 aliphatic carbocycles. The summed E-state index contributed by atoms with van der Waals surface area (Å²) in [4.78, 5) is 155. The first-order valence-corrected chi connectivity index (χ1v) is 32.5. The van der Waals surface area contributed by atoms with Gasteiger partial charge in [0.25, 0.3) is 11.8 Å². The fraction of sp³-hybridized carbons (Fsp3) is 0.632. The third kappa shape index (κ3) is 22.6. The molecule has 1 fully saturated rings. The first-order valence-electron chi connectivity index (χ1n) is 32.5. The lowest BCUT2D eigenvalue weighted by Gasteiger charge is -2.41. The zero-order valence-electron chi connectivity index (χ0n) is 56.5. The van der Waals surface area contributed by atoms with E-state index in [1.54, 1.807) is 101 Å². The number of benzene rings is 2. The molecule has 2 aliphatic rings. The molecule has 0 radical (unpaired) electrons. The van der Waals surface area contributed by atoms with Crippen LogP contribution < -0.4 is 31.9 Å². The number of likely N-dealkylation sites (tertiary alicyclic amines) is 1. The number of carbonyl (C=O) groups is 11. The van der Waals surface area contributed by atoms with Crippen molar-refractivity contribution >= 4 is 65.0 Å². The summed E-state index contributed by atoms with van der Waals surface area (Å²) >= 11 is 0. The Balaban J connectivity index is 1.43. The van der Waals surface area contributed by atoms with Crippen molar-refractivity contribution in [3.8, 4) is 0 Å². The van der Waals surface area contributed by atoms with Gasteiger partial charge in [-0.05, 0) is 73.8 Å². The van der Waals surface area contributed by atoms with Crippen LogP contribution in [-0.4, -0.2) is 199 Å². The normalized spacial score (nSPS) is 17.6. The third-order valence-electron chi connectivity index (χ3n) is 17.5. The van der Waals surface area contributed by atoms with E-state index in [1.165, 1.54) is 38.3 Å². The lowest BCUT2D eigenvalue weighted by atomic mass is 9.89. The highest BCUT2D eigenvalue weighted by Gasteiger charge is 2.44. The number of carbonyl (C=O) groups excluding carboxylic acids is 11. The number of nitrogens with zero attached hydrogens (tertiary/aromatic N) is 4. The second-order valence-corrected chi connectivity index (χ2v) is 25.6. The van der Waals surface area contributed by atoms with E-state index in [2.05, 4.69) is 31.9 Å². The summed E-state index contributed by atoms with van der Waals surface area (Å²) in [5.41, 5.74) is 1.35. The van der Waals surface area contributed by atoms with Crippen LogP contribution in [0, 0.1) is 29.6 Å². The largest absolute Gasteiger partial charge is 0.386 e. The molecule has 0 aromatic heterocycles. The smallest absolute Gasteiger partial charge is 0.253 e. The van der Waals surface area contributed by atoms with Crippen LogP contribution in [0.3, 0.4) is 0 Å². The average Bonchev–Trinajstić information content (AvgIpc) is 1.82. The average molecular weight is 1290 g/mol. The molecular formula is C68H104N10O14. The second-order valence-electron chi connectivity index (χ2n) is 25.6. The van der Waals surface area contributed by atoms with Crippen LogP contribution >= 0.6 is 0 Å². The molecule has 0 unspecified atom stereocenters. The van der Waals surface area contributed by atoms with Gasteiger partial charge in [-0.1, -0.05) is 136 Å². The van der Waals surface area contributed by atoms with Crippen LogP contribution in [-0.2, 0) is 68.6 Å². The predicted octanol–water partition coefficient (Wildman–Crippen LogP) is 3.75. The number of nitrogens with one attached hydrogen (secondary N) is 6. The van der Waals surface area contributed by atoms with Crippen molar-refractivity contribution in [3.63, 3.8) is 0 Å². The summed E-state index contributed by atoms with van der Waals surface area (Å²) in [6.07, 6.45) is 3.55. The molecule has 4 rings (SSSR count). The third-order valence-corrected chi connectivity index (χ3v) is 17.5. The minimum atomic E-state index is -1.23. The molecule has 11 amide bonds. The van der Waals surface area contributed by atoms with Crippen LogP contribution in [0.5, 0.6) is 0 Å². The van der Waals surface area contributed by atoms with E-state index in [-0.39, 0.29) is 67.7 Å². The molecule has 2 heterocycles. The van der Waals surface area contributed by atoms with Crippen LogP contribution in [0.1, 0.15) is 144 Å². The van der Waals surface area contributed by atoms with Gasteiger partial charge in [0.05, 0.1) is 61.9 Å². The number of methoxy groups -OCH3 is 2. The Morgan fingerprint density at radius 2 is 1.27 bits per heavy atom. The lowest BCUT2D eigenvalue weighted by molar-refractivity contribution is -0.149. The quantitative estimate of drug-likeness (QED) is 0.0372. The van der Waals surface area contributed by atoms with Gasteiger partial charge in [-0.15, -0.1) is 0 Å². The summed E-state index contributed by atoms with van der Waals surface area (Å²) in [6.45, 7) is 18.0. The number of hydrogen-bond donors (Lipinski definition) is 7. The molecule has 24 heteroatoms. The molecule has 2 aromatic carbocycles. The van der Waals surface area contributed by atoms with E-state index in [1.807, 2.05) is 45.9 Å². The Labute approximate surface area is 543 Å². The zero-order valence-corrected chi connectivity index (χ0v) is 56.5. The molecule has 24 nitrogen and oxygen atoms in total. The van der Waals surface area contributed by atoms with E-state index < -0.39 is 133 Å². The molecule has 0 bridgehead atoms. The van der Waals surface area contributed by atoms with Gasteiger partial charge >= 0.3 is 0 Å². The maximum Gasteiger partial charge on any atom is 0.253 e. The fourth-order valence-corrected chi connectivity index (χ4v) is 12.1. The number of amides is 11. The van der Waals surface area contributed by atoms with Crippen molar-refractivity contribution in [1.82, 2.24) is 51.5 Å². The predicted molar refractivity (Wildman–Crippen MR) is 347 cm³/mol. The molecule has 510 valence electrons. The van der Waals surface area contributed by atoms with Gasteiger partial charge in [0.2, 0.25) is 53.2 Å². The summed E-state index contributed by atoms with van der Waals surface area (Å²) in [6, 6.07) is 11.6.